The fourth-order valence-electron chi connectivity index (χ4n) is 3.84. The number of rotatable bonds is 6. The zero-order valence-corrected chi connectivity index (χ0v) is 18.7. The lowest BCUT2D eigenvalue weighted by molar-refractivity contribution is 0.131. The molecule has 1 fully saturated rings. The minimum Gasteiger partial charge on any atom is -0.475 e. The van der Waals surface area contributed by atoms with E-state index in [1.54, 1.807) is 18.3 Å². The summed E-state index contributed by atoms with van der Waals surface area (Å²) in [4.78, 5) is 8.72. The number of hydrogen-bond acceptors (Lipinski definition) is 8. The van der Waals surface area contributed by atoms with Crippen molar-refractivity contribution in [3.8, 4) is 17.1 Å². The fourth-order valence-corrected chi connectivity index (χ4v) is 4.02. The largest absolute Gasteiger partial charge is 0.475 e. The van der Waals surface area contributed by atoms with Gasteiger partial charge in [-0.1, -0.05) is 11.6 Å². The average molecular weight is 460 g/mol. The Morgan fingerprint density at radius 1 is 1.19 bits per heavy atom. The van der Waals surface area contributed by atoms with Crippen molar-refractivity contribution in [3.05, 3.63) is 52.9 Å². The second kappa shape index (κ2) is 9.50. The number of aromatic nitrogens is 2. The third kappa shape index (κ3) is 5.07. The first-order valence-electron chi connectivity index (χ1n) is 10.5. The van der Waals surface area contributed by atoms with Crippen molar-refractivity contribution in [1.29, 1.82) is 0 Å². The van der Waals surface area contributed by atoms with Gasteiger partial charge < -0.3 is 21.1 Å². The van der Waals surface area contributed by atoms with Crippen molar-refractivity contribution >= 4 is 17.4 Å². The summed E-state index contributed by atoms with van der Waals surface area (Å²) < 4.78 is 20.5. The van der Waals surface area contributed by atoms with Crippen LogP contribution in [0.1, 0.15) is 12.0 Å². The van der Waals surface area contributed by atoms with E-state index in [0.29, 0.717) is 34.6 Å². The van der Waals surface area contributed by atoms with Gasteiger partial charge in [-0.05, 0) is 37.4 Å². The number of nitrogens with two attached hydrogens (primary N) is 2. The van der Waals surface area contributed by atoms with E-state index in [2.05, 4.69) is 32.0 Å². The molecule has 2 aliphatic heterocycles. The van der Waals surface area contributed by atoms with E-state index in [4.69, 9.17) is 27.8 Å². The van der Waals surface area contributed by atoms with E-state index < -0.39 is 11.4 Å². The molecule has 0 aliphatic carbocycles. The molecule has 2 aromatic rings. The maximum absolute atomic E-state index is 14.5. The van der Waals surface area contributed by atoms with Gasteiger partial charge in [-0.2, -0.15) is 0 Å². The highest BCUT2D eigenvalue weighted by Gasteiger charge is 2.33. The van der Waals surface area contributed by atoms with E-state index in [1.165, 1.54) is 18.2 Å². The van der Waals surface area contributed by atoms with Crippen molar-refractivity contribution in [3.63, 3.8) is 0 Å². The van der Waals surface area contributed by atoms with Gasteiger partial charge in [0.1, 0.15) is 18.3 Å². The summed E-state index contributed by atoms with van der Waals surface area (Å²) in [6.45, 7) is 5.22. The van der Waals surface area contributed by atoms with Gasteiger partial charge in [0.15, 0.2) is 0 Å². The van der Waals surface area contributed by atoms with Crippen LogP contribution in [0.4, 0.5) is 4.39 Å². The molecule has 0 radical (unpaired) electrons. The lowest BCUT2D eigenvalue weighted by atomic mass is 9.86. The third-order valence-corrected chi connectivity index (χ3v) is 6.03. The van der Waals surface area contributed by atoms with Crippen LogP contribution in [0.25, 0.3) is 11.3 Å². The molecule has 0 amide bonds. The topological polar surface area (TPSA) is 106 Å². The molecule has 4 rings (SSSR count). The molecule has 3 heterocycles. The molecule has 1 aromatic carbocycles. The van der Waals surface area contributed by atoms with E-state index in [-0.39, 0.29) is 12.0 Å². The van der Waals surface area contributed by atoms with Crippen molar-refractivity contribution in [2.24, 2.45) is 16.5 Å². The van der Waals surface area contributed by atoms with Gasteiger partial charge in [0.25, 0.3) is 0 Å². The first-order valence-corrected chi connectivity index (χ1v) is 10.9. The summed E-state index contributed by atoms with van der Waals surface area (Å²) in [6.07, 6.45) is 3.58. The summed E-state index contributed by atoms with van der Waals surface area (Å²) >= 11 is 6.07. The highest BCUT2D eigenvalue weighted by molar-refractivity contribution is 6.30. The summed E-state index contributed by atoms with van der Waals surface area (Å²) in [5, 5.41) is 8.86. The number of amidine groups is 1. The van der Waals surface area contributed by atoms with Crippen LogP contribution in [0.2, 0.25) is 5.02 Å². The number of nitrogens with zero attached hydrogens (tertiary/aromatic N) is 5. The maximum atomic E-state index is 14.5. The maximum Gasteiger partial charge on any atom is 0.238 e. The molecule has 1 saturated heterocycles. The monoisotopic (exact) mass is 459 g/mol. The first kappa shape index (κ1) is 22.6. The Morgan fingerprint density at radius 2 is 1.97 bits per heavy atom. The van der Waals surface area contributed by atoms with E-state index in [1.807, 2.05) is 0 Å². The highest BCUT2D eigenvalue weighted by Crippen LogP contribution is 2.35. The van der Waals surface area contributed by atoms with Crippen molar-refractivity contribution < 1.29 is 9.13 Å². The second-order valence-electron chi connectivity index (χ2n) is 8.22. The molecule has 1 aromatic heterocycles. The number of hydrogen-bond donors (Lipinski definition) is 2. The predicted octanol–water partition coefficient (Wildman–Crippen LogP) is 1.99. The molecule has 2 aliphatic rings. The molecule has 4 N–H and O–H groups in total. The summed E-state index contributed by atoms with van der Waals surface area (Å²) in [5.41, 5.74) is 12.7. The van der Waals surface area contributed by atoms with Crippen LogP contribution < -0.4 is 16.2 Å². The SMILES string of the molecule is CN1CCN(CCOc2nnc(-c3cc(Cl)ccc3F)cc2C2(N)C=CN=C(N)C2)CC1. The van der Waals surface area contributed by atoms with E-state index in [9.17, 15) is 4.39 Å². The zero-order chi connectivity index (χ0) is 22.7. The average Bonchev–Trinajstić information content (AvgIpc) is 2.77. The Bertz CT molecular complexity index is 1040. The van der Waals surface area contributed by atoms with Crippen LogP contribution in [-0.4, -0.2) is 72.2 Å². The van der Waals surface area contributed by atoms with Crippen LogP contribution >= 0.6 is 11.6 Å². The Kier molecular flexibility index (Phi) is 6.71. The van der Waals surface area contributed by atoms with Gasteiger partial charge in [0.2, 0.25) is 5.88 Å². The zero-order valence-electron chi connectivity index (χ0n) is 18.0. The lowest BCUT2D eigenvalue weighted by Gasteiger charge is -2.32. The summed E-state index contributed by atoms with van der Waals surface area (Å²) in [6, 6.07) is 5.98. The Hall–Kier alpha value is -2.59. The molecular weight excluding hydrogens is 433 g/mol. The lowest BCUT2D eigenvalue weighted by Crippen LogP contribution is -2.45. The molecule has 170 valence electrons. The standard InChI is InChI=1S/C22H27ClFN7O/c1-30-6-8-31(9-7-30)10-11-32-21-17(22(26)4-5-27-20(25)14-22)13-19(28-29-21)16-12-15(23)2-3-18(16)24/h2-5,12-13H,6-11,14,26H2,1H3,(H2,25,27). The van der Waals surface area contributed by atoms with E-state index >= 15 is 0 Å². The van der Waals surface area contributed by atoms with Gasteiger partial charge >= 0.3 is 0 Å². The molecule has 8 nitrogen and oxygen atoms in total. The van der Waals surface area contributed by atoms with E-state index in [0.717, 1.165) is 32.7 Å². The molecular formula is C22H27ClFN7O. The predicted molar refractivity (Wildman–Crippen MR) is 123 cm³/mol. The molecule has 0 bridgehead atoms. The number of likely N-dealkylation sites (N-methyl/N-ethyl adjacent to an activating group) is 1. The van der Waals surface area contributed by atoms with Crippen LogP contribution in [-0.2, 0) is 5.54 Å². The Morgan fingerprint density at radius 3 is 2.72 bits per heavy atom. The minimum absolute atomic E-state index is 0.236. The summed E-state index contributed by atoms with van der Waals surface area (Å²) in [5.74, 6) is 0.238. The molecule has 0 spiro atoms. The van der Waals surface area contributed by atoms with Crippen molar-refractivity contribution in [2.45, 2.75) is 12.0 Å². The third-order valence-electron chi connectivity index (χ3n) is 5.79. The Balaban J connectivity index is 1.61. The number of benzene rings is 1. The van der Waals surface area contributed by atoms with Gasteiger partial charge in [0.05, 0.1) is 11.2 Å². The Labute approximate surface area is 191 Å². The number of ether oxygens (including phenoxy) is 1. The molecule has 1 atom stereocenters. The second-order valence-corrected chi connectivity index (χ2v) is 8.66. The van der Waals surface area contributed by atoms with Gasteiger partial charge in [-0.3, -0.25) is 4.90 Å². The molecule has 32 heavy (non-hydrogen) atoms. The van der Waals surface area contributed by atoms with Crippen LogP contribution in [0.3, 0.4) is 0 Å². The number of piperazine rings is 1. The van der Waals surface area contributed by atoms with Gasteiger partial charge in [-0.15, -0.1) is 10.2 Å². The first-order chi connectivity index (χ1) is 15.3. The minimum atomic E-state index is -1.01. The summed E-state index contributed by atoms with van der Waals surface area (Å²) in [7, 11) is 2.12. The van der Waals surface area contributed by atoms with Crippen molar-refractivity contribution in [2.75, 3.05) is 46.4 Å². The van der Waals surface area contributed by atoms with Gasteiger partial charge in [0, 0.05) is 61.5 Å². The number of halogens is 2. The molecule has 0 saturated carbocycles. The smallest absolute Gasteiger partial charge is 0.238 e. The number of aliphatic imine (C=N–C) groups is 1. The van der Waals surface area contributed by atoms with Crippen LogP contribution in [0.15, 0.2) is 41.5 Å². The highest BCUT2D eigenvalue weighted by atomic mass is 35.5. The van der Waals surface area contributed by atoms with Gasteiger partial charge in [-0.25, -0.2) is 9.38 Å². The normalized spacial score (nSPS) is 22.1. The van der Waals surface area contributed by atoms with Crippen molar-refractivity contribution in [1.82, 2.24) is 20.0 Å². The molecule has 10 heteroatoms. The quantitative estimate of drug-likeness (QED) is 0.680. The molecule has 1 unspecified atom stereocenters. The fraction of sp³-hybridized carbons (Fsp3) is 0.409. The van der Waals surface area contributed by atoms with Crippen LogP contribution in [0, 0.1) is 5.82 Å². The van der Waals surface area contributed by atoms with Crippen LogP contribution in [0.5, 0.6) is 5.88 Å².